The van der Waals surface area contributed by atoms with Crippen LogP contribution in [-0.2, 0) is 26.0 Å². The van der Waals surface area contributed by atoms with Crippen LogP contribution in [-0.4, -0.2) is 0 Å². The second-order valence-electron chi connectivity index (χ2n) is 7.63. The molecular formula is C29H22NO4Tc. The number of para-hydroxylation sites is 1. The van der Waals surface area contributed by atoms with E-state index in [-0.39, 0.29) is 0 Å². The van der Waals surface area contributed by atoms with Crippen LogP contribution < -0.4 is 8.43 Å². The van der Waals surface area contributed by atoms with Gasteiger partial charge in [0.1, 0.15) is 0 Å². The Morgan fingerprint density at radius 2 is 0.914 bits per heavy atom. The van der Waals surface area contributed by atoms with E-state index in [9.17, 15) is 0 Å². The van der Waals surface area contributed by atoms with Crippen molar-refractivity contribution in [3.05, 3.63) is 134 Å². The number of benzene rings is 4. The van der Waals surface area contributed by atoms with E-state index in [1.54, 1.807) is 0 Å². The molecule has 4 aromatic carbocycles. The first-order valence-electron chi connectivity index (χ1n) is 10.8. The number of aromatic nitrogens is 1. The van der Waals surface area contributed by atoms with Gasteiger partial charge < -0.3 is 0 Å². The fourth-order valence-electron chi connectivity index (χ4n) is 3.99. The Labute approximate surface area is 206 Å². The summed E-state index contributed by atoms with van der Waals surface area (Å²) in [5, 5.41) is 0. The predicted molar refractivity (Wildman–Crippen MR) is 126 cm³/mol. The summed E-state index contributed by atoms with van der Waals surface area (Å²) in [7, 11) is 0. The van der Waals surface area contributed by atoms with Gasteiger partial charge in [-0.05, 0) is 23.3 Å². The van der Waals surface area contributed by atoms with E-state index in [0.29, 0.717) is 0 Å². The second kappa shape index (κ2) is 11.0. The van der Waals surface area contributed by atoms with Crippen molar-refractivity contribution in [2.45, 2.75) is 0 Å². The summed E-state index contributed by atoms with van der Waals surface area (Å²) in [4.78, 5) is 0. The molecule has 0 fully saturated rings. The standard InChI is InChI=1S/C29H22N.4O.Tc/c1-5-13-23(14-6-1)27-21-22-30(26-19-11-4-12-20-26)29(25-17-9-3-10-18-25)28(27)24-15-7-2-8-16-24;;;;;/h1-22H;;;;;/q+1;;;;-1;. The zero-order valence-electron chi connectivity index (χ0n) is 18.7. The second-order valence-corrected chi connectivity index (χ2v) is 9.49. The topological polar surface area (TPSA) is 78.1 Å². The van der Waals surface area contributed by atoms with Crippen LogP contribution in [0.1, 0.15) is 0 Å². The molecule has 0 saturated carbocycles. The van der Waals surface area contributed by atoms with E-state index in [0.717, 1.165) is 5.69 Å². The molecule has 0 unspecified atom stereocenters. The Kier molecular flexibility index (Phi) is 7.58. The molecule has 0 N–H and O–H groups in total. The molecule has 1 aromatic heterocycles. The van der Waals surface area contributed by atoms with Gasteiger partial charge in [-0.3, -0.25) is 0 Å². The van der Waals surface area contributed by atoms with Gasteiger partial charge >= 0.3 is 29.9 Å². The number of rotatable bonds is 4. The van der Waals surface area contributed by atoms with Crippen LogP contribution in [0.25, 0.3) is 39.2 Å². The van der Waals surface area contributed by atoms with Crippen molar-refractivity contribution < 1.29 is 34.5 Å². The van der Waals surface area contributed by atoms with Gasteiger partial charge in [0.15, 0.2) is 6.20 Å². The summed E-state index contributed by atoms with van der Waals surface area (Å²) in [6.45, 7) is 0. The van der Waals surface area contributed by atoms with Crippen LogP contribution in [0.15, 0.2) is 134 Å². The number of hydrogen-bond acceptors (Lipinski definition) is 4. The first kappa shape index (κ1) is 24.2. The minimum atomic E-state index is -5.94. The summed E-state index contributed by atoms with van der Waals surface area (Å²) < 4.78 is 36.8. The Hall–Kier alpha value is -3.96. The van der Waals surface area contributed by atoms with Crippen LogP contribution in [0, 0.1) is 0 Å². The molecule has 0 aliphatic carbocycles. The van der Waals surface area contributed by atoms with Gasteiger partial charge in [-0.1, -0.05) is 97.1 Å². The maximum Gasteiger partial charge on any atom is 0.226 e. The molecule has 0 aliphatic rings. The summed E-state index contributed by atoms with van der Waals surface area (Å²) >= 11 is -5.94. The Bertz CT molecular complexity index is 1450. The minimum Gasteiger partial charge on any atom is -0.159 e. The predicted octanol–water partition coefficient (Wildman–Crippen LogP) is 5.42. The molecule has 5 rings (SSSR count). The third-order valence-electron chi connectivity index (χ3n) is 5.37. The van der Waals surface area contributed by atoms with Gasteiger partial charge in [0.05, 0.1) is 5.56 Å². The Morgan fingerprint density at radius 1 is 0.514 bits per heavy atom. The molecule has 0 aliphatic heterocycles. The van der Waals surface area contributed by atoms with E-state index < -0.39 is 15.5 Å². The van der Waals surface area contributed by atoms with Gasteiger partial charge in [0, 0.05) is 29.3 Å². The maximum atomic E-state index is 8.62. The molecular weight excluding hydrogens is 524 g/mol. The summed E-state index contributed by atoms with van der Waals surface area (Å²) in [5.74, 6) is 0. The van der Waals surface area contributed by atoms with Crippen molar-refractivity contribution in [2.24, 2.45) is 0 Å². The molecule has 5 aromatic rings. The molecule has 0 atom stereocenters. The van der Waals surface area contributed by atoms with Gasteiger partial charge in [0.25, 0.3) is 0 Å². The van der Waals surface area contributed by atoms with E-state index in [2.05, 4.69) is 138 Å². The van der Waals surface area contributed by atoms with Gasteiger partial charge in [-0.2, -0.15) is 4.57 Å². The molecule has 35 heavy (non-hydrogen) atoms. The quantitative estimate of drug-likeness (QED) is 0.282. The summed E-state index contributed by atoms with van der Waals surface area (Å²) in [6, 6.07) is 44.8. The Balaban J connectivity index is 0.000000527. The van der Waals surface area contributed by atoms with E-state index in [4.69, 9.17) is 14.4 Å². The first-order chi connectivity index (χ1) is 16.9. The molecule has 0 spiro atoms. The first-order valence-corrected chi connectivity index (χ1v) is 13.9. The van der Waals surface area contributed by atoms with E-state index in [1.807, 2.05) is 0 Å². The fraction of sp³-hybridized carbons (Fsp3) is 0. The molecule has 0 saturated heterocycles. The van der Waals surface area contributed by atoms with Gasteiger partial charge in [-0.15, -0.1) is 0 Å². The normalized spacial score (nSPS) is 10.8. The Morgan fingerprint density at radius 3 is 1.40 bits per heavy atom. The van der Waals surface area contributed by atoms with Crippen molar-refractivity contribution in [2.75, 3.05) is 0 Å². The fourth-order valence-corrected chi connectivity index (χ4v) is 3.99. The van der Waals surface area contributed by atoms with Crippen LogP contribution in [0.5, 0.6) is 0 Å². The zero-order chi connectivity index (χ0) is 24.7. The minimum absolute atomic E-state index is 1.15. The number of nitrogens with zero attached hydrogens (tertiary/aromatic N) is 1. The SMILES string of the molecule is [O]=[Tc](=[O])(=[O])[O-].c1ccc(-c2cc[n+](-c3ccccc3)c(-c3ccccc3)c2-c2ccccc2)cc1. The molecule has 174 valence electrons. The summed E-state index contributed by atoms with van der Waals surface area (Å²) in [5.41, 5.74) is 8.42. The van der Waals surface area contributed by atoms with Crippen LogP contribution in [0.4, 0.5) is 0 Å². The van der Waals surface area contributed by atoms with Crippen LogP contribution in [0.2, 0.25) is 0 Å². The maximum absolute atomic E-state index is 8.62. The van der Waals surface area contributed by atoms with Crippen LogP contribution >= 0.6 is 0 Å². The number of hydrogen-bond donors (Lipinski definition) is 0. The molecule has 0 radical (unpaired) electrons. The molecule has 0 amide bonds. The van der Waals surface area contributed by atoms with E-state index >= 15 is 0 Å². The third kappa shape index (κ3) is 6.34. The molecule has 0 bridgehead atoms. The van der Waals surface area contributed by atoms with Crippen molar-refractivity contribution in [1.82, 2.24) is 0 Å². The van der Waals surface area contributed by atoms with Crippen molar-refractivity contribution in [3.8, 4) is 39.2 Å². The average Bonchev–Trinajstić information content (AvgIpc) is 2.89. The molecule has 1 heterocycles. The third-order valence-corrected chi connectivity index (χ3v) is 5.37. The average molecular weight is 546 g/mol. The van der Waals surface area contributed by atoms with Crippen molar-refractivity contribution in [3.63, 3.8) is 0 Å². The molecule has 6 heteroatoms. The largest absolute Gasteiger partial charge is 0.226 e. The van der Waals surface area contributed by atoms with Gasteiger partial charge in [0.2, 0.25) is 11.4 Å². The van der Waals surface area contributed by atoms with E-state index in [1.165, 1.54) is 33.5 Å². The van der Waals surface area contributed by atoms with Crippen molar-refractivity contribution >= 4 is 0 Å². The van der Waals surface area contributed by atoms with Crippen LogP contribution in [0.3, 0.4) is 0 Å². The summed E-state index contributed by atoms with van der Waals surface area (Å²) in [6.07, 6.45) is 2.19. The zero-order valence-corrected chi connectivity index (χ0v) is 20.5. The van der Waals surface area contributed by atoms with Crippen molar-refractivity contribution in [1.29, 1.82) is 0 Å². The smallest absolute Gasteiger partial charge is 0.159 e. The van der Waals surface area contributed by atoms with Gasteiger partial charge in [-0.25, -0.2) is 0 Å². The monoisotopic (exact) mass is 545 g/mol. The number of pyridine rings is 1. The molecule has 5 nitrogen and oxygen atoms in total.